The fraction of sp³-hybridized carbons (Fsp3) is 0.500. The molecule has 0 fully saturated rings. The van der Waals surface area contributed by atoms with Gasteiger partial charge in [0.05, 0.1) is 12.5 Å². The number of aliphatic hydroxyl groups excluding tert-OH is 1. The molecule has 1 N–H and O–H groups in total. The number of carbonyl (C=O) groups is 3. The summed E-state index contributed by atoms with van der Waals surface area (Å²) < 4.78 is 15.5. The maximum absolute atomic E-state index is 11.8. The zero-order valence-corrected chi connectivity index (χ0v) is 14.7. The van der Waals surface area contributed by atoms with Crippen LogP contribution in [-0.4, -0.2) is 41.0 Å². The number of hydrogen-bond acceptors (Lipinski definition) is 7. The Morgan fingerprint density at radius 3 is 1.92 bits per heavy atom. The van der Waals surface area contributed by atoms with Crippen molar-refractivity contribution in [3.63, 3.8) is 0 Å². The zero-order chi connectivity index (χ0) is 19.5. The van der Waals surface area contributed by atoms with E-state index in [1.807, 2.05) is 6.92 Å². The van der Waals surface area contributed by atoms with Crippen molar-refractivity contribution in [1.82, 2.24) is 0 Å². The molecule has 0 saturated carbocycles. The summed E-state index contributed by atoms with van der Waals surface area (Å²) >= 11 is 0. The van der Waals surface area contributed by atoms with Gasteiger partial charge in [-0.05, 0) is 13.3 Å². The molecule has 7 nitrogen and oxygen atoms in total. The second-order valence-electron chi connectivity index (χ2n) is 5.35. The fourth-order valence-corrected chi connectivity index (χ4v) is 2.04. The first-order valence-corrected chi connectivity index (χ1v) is 7.96. The van der Waals surface area contributed by atoms with Crippen molar-refractivity contribution in [2.24, 2.45) is 0 Å². The van der Waals surface area contributed by atoms with Crippen molar-refractivity contribution < 1.29 is 33.7 Å². The van der Waals surface area contributed by atoms with Gasteiger partial charge in [-0.15, -0.1) is 0 Å². The van der Waals surface area contributed by atoms with E-state index in [2.05, 4.69) is 19.7 Å². The van der Waals surface area contributed by atoms with Gasteiger partial charge >= 0.3 is 17.9 Å². The molecule has 0 aliphatic heterocycles. The van der Waals surface area contributed by atoms with Crippen LogP contribution in [0.5, 0.6) is 0 Å². The molecule has 25 heavy (non-hydrogen) atoms. The highest BCUT2D eigenvalue weighted by Gasteiger charge is 2.47. The highest BCUT2D eigenvalue weighted by Crippen LogP contribution is 2.29. The van der Waals surface area contributed by atoms with Crippen molar-refractivity contribution in [2.75, 3.05) is 0 Å². The second kappa shape index (κ2) is 11.2. The average molecular weight is 354 g/mol. The molecule has 2 atom stereocenters. The summed E-state index contributed by atoms with van der Waals surface area (Å²) in [5.74, 6) is -4.63. The van der Waals surface area contributed by atoms with Gasteiger partial charge in [-0.2, -0.15) is 0 Å². The van der Waals surface area contributed by atoms with E-state index < -0.39 is 35.9 Å². The number of aliphatic hydroxyl groups is 1. The monoisotopic (exact) mass is 354 g/mol. The summed E-state index contributed by atoms with van der Waals surface area (Å²) in [6.45, 7) is 13.2. The van der Waals surface area contributed by atoms with Crippen LogP contribution in [0.4, 0.5) is 0 Å². The molecule has 0 radical (unpaired) electrons. The predicted octanol–water partition coefficient (Wildman–Crippen LogP) is 2.20. The van der Waals surface area contributed by atoms with E-state index in [0.29, 0.717) is 12.8 Å². The first-order valence-electron chi connectivity index (χ1n) is 7.96. The molecule has 0 aromatic rings. The van der Waals surface area contributed by atoms with Gasteiger partial charge in [-0.25, -0.2) is 14.4 Å². The largest absolute Gasteiger partial charge is 0.451 e. The Kier molecular flexibility index (Phi) is 10.1. The molecule has 0 saturated heterocycles. The highest BCUT2D eigenvalue weighted by molar-refractivity contribution is 5.84. The molecule has 0 aliphatic rings. The lowest BCUT2D eigenvalue weighted by molar-refractivity contribution is -0.266. The van der Waals surface area contributed by atoms with Crippen LogP contribution in [0.2, 0.25) is 0 Å². The molecular weight excluding hydrogens is 328 g/mol. The van der Waals surface area contributed by atoms with E-state index in [0.717, 1.165) is 24.6 Å². The number of unbranched alkanes of at least 4 members (excludes halogenated alkanes) is 1. The van der Waals surface area contributed by atoms with Crippen LogP contribution >= 0.6 is 0 Å². The standard InChI is InChI=1S/C18H26O7/c1-6-10-11-14(19)12-18(24-16(21)8-3,25-17(22)9-4)13(5)23-15(20)7-2/h7-9,13-14,19H,2-4,6,10-12H2,1,5H3. The molecule has 0 aromatic carbocycles. The smallest absolute Gasteiger partial charge is 0.333 e. The van der Waals surface area contributed by atoms with Gasteiger partial charge in [0, 0.05) is 18.2 Å². The van der Waals surface area contributed by atoms with Crippen LogP contribution in [0.15, 0.2) is 38.0 Å². The highest BCUT2D eigenvalue weighted by atomic mass is 16.8. The van der Waals surface area contributed by atoms with E-state index in [-0.39, 0.29) is 6.42 Å². The van der Waals surface area contributed by atoms with Gasteiger partial charge in [-0.3, -0.25) is 0 Å². The Morgan fingerprint density at radius 2 is 1.52 bits per heavy atom. The summed E-state index contributed by atoms with van der Waals surface area (Å²) in [5.41, 5.74) is 0. The lowest BCUT2D eigenvalue weighted by Gasteiger charge is -2.37. The number of esters is 3. The topological polar surface area (TPSA) is 99.1 Å². The predicted molar refractivity (Wildman–Crippen MR) is 91.2 cm³/mol. The average Bonchev–Trinajstić information content (AvgIpc) is 2.58. The molecule has 2 unspecified atom stereocenters. The van der Waals surface area contributed by atoms with E-state index in [1.165, 1.54) is 6.92 Å². The third-order valence-electron chi connectivity index (χ3n) is 3.37. The van der Waals surface area contributed by atoms with Crippen molar-refractivity contribution in [1.29, 1.82) is 0 Å². The summed E-state index contributed by atoms with van der Waals surface area (Å²) in [6, 6.07) is 0. The molecule has 0 aromatic heterocycles. The Labute approximate surface area is 147 Å². The quantitative estimate of drug-likeness (QED) is 0.326. The van der Waals surface area contributed by atoms with Crippen LogP contribution in [0.1, 0.15) is 39.5 Å². The minimum absolute atomic E-state index is 0.280. The number of rotatable bonds is 12. The van der Waals surface area contributed by atoms with Crippen molar-refractivity contribution >= 4 is 17.9 Å². The number of hydrogen-bond donors (Lipinski definition) is 1. The molecule has 0 bridgehead atoms. The summed E-state index contributed by atoms with van der Waals surface area (Å²) in [5, 5.41) is 10.2. The molecule has 0 heterocycles. The first kappa shape index (κ1) is 22.6. The number of carbonyl (C=O) groups excluding carboxylic acids is 3. The van der Waals surface area contributed by atoms with Crippen molar-refractivity contribution in [3.05, 3.63) is 38.0 Å². The zero-order valence-electron chi connectivity index (χ0n) is 14.7. The molecule has 7 heteroatoms. The maximum Gasteiger partial charge on any atom is 0.333 e. The van der Waals surface area contributed by atoms with E-state index in [1.54, 1.807) is 0 Å². The van der Waals surface area contributed by atoms with Gasteiger partial charge in [0.2, 0.25) is 0 Å². The van der Waals surface area contributed by atoms with Gasteiger partial charge in [-0.1, -0.05) is 39.5 Å². The molecule has 140 valence electrons. The van der Waals surface area contributed by atoms with Crippen LogP contribution in [0, 0.1) is 0 Å². The third-order valence-corrected chi connectivity index (χ3v) is 3.37. The summed E-state index contributed by atoms with van der Waals surface area (Å²) in [6.07, 6.45) is 2.15. The van der Waals surface area contributed by atoms with Crippen LogP contribution in [-0.2, 0) is 28.6 Å². The normalized spacial score (nSPS) is 13.1. The third kappa shape index (κ3) is 7.80. The van der Waals surface area contributed by atoms with Crippen LogP contribution in [0.3, 0.4) is 0 Å². The van der Waals surface area contributed by atoms with E-state index >= 15 is 0 Å². The van der Waals surface area contributed by atoms with Gasteiger partial charge in [0.1, 0.15) is 0 Å². The second-order valence-corrected chi connectivity index (χ2v) is 5.35. The minimum Gasteiger partial charge on any atom is -0.451 e. The lowest BCUT2D eigenvalue weighted by atomic mass is 9.99. The molecule has 0 aliphatic carbocycles. The summed E-state index contributed by atoms with van der Waals surface area (Å²) in [7, 11) is 0. The van der Waals surface area contributed by atoms with Gasteiger partial charge in [0.25, 0.3) is 5.79 Å². The maximum atomic E-state index is 11.8. The lowest BCUT2D eigenvalue weighted by Crippen LogP contribution is -2.52. The van der Waals surface area contributed by atoms with Crippen LogP contribution < -0.4 is 0 Å². The van der Waals surface area contributed by atoms with Gasteiger partial charge in [0.15, 0.2) is 6.10 Å². The summed E-state index contributed by atoms with van der Waals surface area (Å²) in [4.78, 5) is 35.0. The molecule has 0 amide bonds. The van der Waals surface area contributed by atoms with E-state index in [9.17, 15) is 19.5 Å². The Bertz CT molecular complexity index is 488. The molecule has 0 rings (SSSR count). The number of ether oxygens (including phenoxy) is 3. The van der Waals surface area contributed by atoms with Crippen molar-refractivity contribution in [2.45, 2.75) is 57.5 Å². The van der Waals surface area contributed by atoms with E-state index in [4.69, 9.17) is 14.2 Å². The molecule has 0 spiro atoms. The minimum atomic E-state index is -2.03. The van der Waals surface area contributed by atoms with Gasteiger partial charge < -0.3 is 19.3 Å². The molecular formula is C18H26O7. The SMILES string of the molecule is C=CC(=O)OC(C)C(CC(O)CCCC)(OC(=O)C=C)OC(=O)C=C. The first-order chi connectivity index (χ1) is 11.7. The van der Waals surface area contributed by atoms with Crippen molar-refractivity contribution in [3.8, 4) is 0 Å². The van der Waals surface area contributed by atoms with Crippen LogP contribution in [0.25, 0.3) is 0 Å². The Hall–Kier alpha value is -2.41. The fourth-order valence-electron chi connectivity index (χ4n) is 2.04. The Morgan fingerprint density at radius 1 is 1.04 bits per heavy atom. The Balaban J connectivity index is 5.73.